The Morgan fingerprint density at radius 3 is 2.50 bits per heavy atom. The Morgan fingerprint density at radius 2 is 1.96 bits per heavy atom. The van der Waals surface area contributed by atoms with Crippen LogP contribution >= 0.6 is 0 Å². The van der Waals surface area contributed by atoms with Gasteiger partial charge in [0, 0.05) is 18.7 Å². The summed E-state index contributed by atoms with van der Waals surface area (Å²) < 4.78 is 13.7. The molecule has 8 heteroatoms. The summed E-state index contributed by atoms with van der Waals surface area (Å²) in [6, 6.07) is -1.05. The van der Waals surface area contributed by atoms with Gasteiger partial charge in [0.05, 0.1) is 5.41 Å². The zero-order valence-electron chi connectivity index (χ0n) is 17.0. The molecular formula is C20H30FN3O4. The van der Waals surface area contributed by atoms with Crippen LogP contribution in [-0.2, 0) is 9.59 Å². The summed E-state index contributed by atoms with van der Waals surface area (Å²) in [7, 11) is 0. The summed E-state index contributed by atoms with van der Waals surface area (Å²) in [6.45, 7) is 8.41. The lowest BCUT2D eigenvalue weighted by atomic mass is 9.91. The second kappa shape index (κ2) is 8.86. The Morgan fingerprint density at radius 1 is 1.36 bits per heavy atom. The molecule has 0 aromatic rings. The molecule has 156 valence electrons. The van der Waals surface area contributed by atoms with E-state index in [1.807, 2.05) is 4.90 Å². The zero-order chi connectivity index (χ0) is 21.1. The fourth-order valence-corrected chi connectivity index (χ4v) is 3.63. The molecule has 7 nitrogen and oxygen atoms in total. The number of carboxylic acid groups (broad SMARTS) is 1. The Labute approximate surface area is 165 Å². The van der Waals surface area contributed by atoms with Crippen LogP contribution in [0.15, 0.2) is 23.7 Å². The van der Waals surface area contributed by atoms with E-state index in [9.17, 15) is 18.8 Å². The van der Waals surface area contributed by atoms with Crippen molar-refractivity contribution in [1.29, 1.82) is 0 Å². The third kappa shape index (κ3) is 4.98. The van der Waals surface area contributed by atoms with Gasteiger partial charge in [-0.25, -0.2) is 14.1 Å². The summed E-state index contributed by atoms with van der Waals surface area (Å²) in [4.78, 5) is 39.3. The number of aliphatic carboxylic acids is 1. The van der Waals surface area contributed by atoms with E-state index in [-0.39, 0.29) is 11.8 Å². The summed E-state index contributed by atoms with van der Waals surface area (Å²) in [5.74, 6) is -1.45. The highest BCUT2D eigenvalue weighted by Gasteiger charge is 2.45. The first-order valence-corrected chi connectivity index (χ1v) is 9.68. The van der Waals surface area contributed by atoms with Crippen molar-refractivity contribution >= 4 is 17.9 Å². The topological polar surface area (TPSA) is 90.0 Å². The molecule has 0 saturated carbocycles. The number of halogens is 1. The number of urea groups is 1. The molecule has 0 aliphatic carbocycles. The third-order valence-corrected chi connectivity index (χ3v) is 5.57. The van der Waals surface area contributed by atoms with E-state index in [0.717, 1.165) is 17.7 Å². The molecule has 0 radical (unpaired) electrons. The Hall–Kier alpha value is -2.22. The number of hydrogen-bond donors (Lipinski definition) is 2. The monoisotopic (exact) mass is 395 g/mol. The number of carboxylic acids is 1. The van der Waals surface area contributed by atoms with Gasteiger partial charge in [-0.2, -0.15) is 0 Å². The molecular weight excluding hydrogens is 365 g/mol. The van der Waals surface area contributed by atoms with Gasteiger partial charge in [0.1, 0.15) is 11.9 Å². The highest BCUT2D eigenvalue weighted by atomic mass is 19.1. The molecule has 1 unspecified atom stereocenters. The molecule has 2 N–H and O–H groups in total. The van der Waals surface area contributed by atoms with Crippen LogP contribution in [-0.4, -0.2) is 58.5 Å². The highest BCUT2D eigenvalue weighted by Crippen LogP contribution is 2.38. The quantitative estimate of drug-likeness (QED) is 0.747. The number of hydrogen-bond acceptors (Lipinski definition) is 4. The number of nitrogens with one attached hydrogen (secondary N) is 1. The minimum Gasteiger partial charge on any atom is -0.480 e. The minimum atomic E-state index is -0.838. The largest absolute Gasteiger partial charge is 0.480 e. The van der Waals surface area contributed by atoms with E-state index in [2.05, 4.69) is 5.32 Å². The van der Waals surface area contributed by atoms with Crippen molar-refractivity contribution < 1.29 is 23.9 Å². The number of piperidine rings is 1. The molecule has 28 heavy (non-hydrogen) atoms. The smallest absolute Gasteiger partial charge is 0.328 e. The molecule has 0 aromatic carbocycles. The van der Waals surface area contributed by atoms with Crippen molar-refractivity contribution in [1.82, 2.24) is 15.1 Å². The van der Waals surface area contributed by atoms with E-state index in [0.29, 0.717) is 31.8 Å². The van der Waals surface area contributed by atoms with Crippen molar-refractivity contribution in [2.45, 2.75) is 53.0 Å². The van der Waals surface area contributed by atoms with Gasteiger partial charge in [-0.15, -0.1) is 0 Å². The first-order chi connectivity index (χ1) is 13.1. The predicted molar refractivity (Wildman–Crippen MR) is 103 cm³/mol. The van der Waals surface area contributed by atoms with Gasteiger partial charge in [-0.3, -0.25) is 14.5 Å². The number of rotatable bonds is 5. The molecule has 2 saturated heterocycles. The van der Waals surface area contributed by atoms with Crippen molar-refractivity contribution in [3.05, 3.63) is 23.7 Å². The summed E-state index contributed by atoms with van der Waals surface area (Å²) in [5.41, 5.74) is -0.400. The maximum Gasteiger partial charge on any atom is 0.328 e. The second-order valence-electron chi connectivity index (χ2n) is 8.19. The van der Waals surface area contributed by atoms with E-state index in [1.54, 1.807) is 27.7 Å². The molecule has 0 spiro atoms. The number of allylic oxidation sites excluding steroid dienone is 4. The lowest BCUT2D eigenvalue weighted by molar-refractivity contribution is -0.143. The van der Waals surface area contributed by atoms with E-state index in [1.165, 1.54) is 12.2 Å². The normalized spacial score (nSPS) is 23.9. The molecule has 2 heterocycles. The number of imide groups is 1. The number of carbonyl (C=O) groups is 3. The minimum absolute atomic E-state index is 0.214. The average Bonchev–Trinajstić information content (AvgIpc) is 2.87. The van der Waals surface area contributed by atoms with Crippen LogP contribution in [0.4, 0.5) is 9.18 Å². The molecule has 2 rings (SSSR count). The van der Waals surface area contributed by atoms with E-state index < -0.39 is 29.3 Å². The van der Waals surface area contributed by atoms with Crippen LogP contribution in [0.25, 0.3) is 0 Å². The third-order valence-electron chi connectivity index (χ3n) is 5.57. The average molecular weight is 395 g/mol. The molecule has 3 amide bonds. The van der Waals surface area contributed by atoms with Gasteiger partial charge in [-0.1, -0.05) is 19.9 Å². The van der Waals surface area contributed by atoms with Crippen LogP contribution in [0.3, 0.4) is 0 Å². The lowest BCUT2D eigenvalue weighted by Crippen LogP contribution is -2.47. The zero-order valence-corrected chi connectivity index (χ0v) is 17.0. The van der Waals surface area contributed by atoms with Crippen LogP contribution < -0.4 is 5.32 Å². The van der Waals surface area contributed by atoms with Gasteiger partial charge in [0.2, 0.25) is 5.91 Å². The van der Waals surface area contributed by atoms with Crippen LogP contribution in [0.1, 0.15) is 47.0 Å². The van der Waals surface area contributed by atoms with Crippen molar-refractivity contribution in [2.24, 2.45) is 11.3 Å². The van der Waals surface area contributed by atoms with Crippen molar-refractivity contribution in [3.8, 4) is 0 Å². The molecule has 2 fully saturated rings. The summed E-state index contributed by atoms with van der Waals surface area (Å²) in [5, 5.41) is 11.9. The van der Waals surface area contributed by atoms with Crippen LogP contribution in [0.5, 0.6) is 0 Å². The maximum absolute atomic E-state index is 13.7. The van der Waals surface area contributed by atoms with Gasteiger partial charge in [-0.05, 0) is 51.8 Å². The number of likely N-dealkylation sites (tertiary alicyclic amines) is 2. The van der Waals surface area contributed by atoms with Crippen molar-refractivity contribution in [2.75, 3.05) is 19.6 Å². The molecule has 1 atom stereocenters. The fourth-order valence-electron chi connectivity index (χ4n) is 3.63. The predicted octanol–water partition coefficient (Wildman–Crippen LogP) is 2.90. The molecule has 2 aliphatic heterocycles. The first-order valence-electron chi connectivity index (χ1n) is 9.68. The van der Waals surface area contributed by atoms with Gasteiger partial charge in [0.25, 0.3) is 0 Å². The molecule has 0 aromatic heterocycles. The van der Waals surface area contributed by atoms with Gasteiger partial charge >= 0.3 is 12.0 Å². The first kappa shape index (κ1) is 22.1. The van der Waals surface area contributed by atoms with E-state index >= 15 is 0 Å². The number of nitrogens with zero attached hydrogens (tertiary/aromatic N) is 2. The van der Waals surface area contributed by atoms with E-state index in [4.69, 9.17) is 5.11 Å². The van der Waals surface area contributed by atoms with Crippen molar-refractivity contribution in [3.63, 3.8) is 0 Å². The SMILES string of the molecule is C/C=C(F)\C=C1/CC(C)(C)C(=O)N1C(=O)NCC1CCN(C(C)C(=O)O)CC1. The summed E-state index contributed by atoms with van der Waals surface area (Å²) in [6.07, 6.45) is 4.36. The Bertz CT molecular complexity index is 694. The van der Waals surface area contributed by atoms with Gasteiger partial charge < -0.3 is 10.4 Å². The standard InChI is InChI=1S/C20H30FN3O4/c1-5-15(21)10-16-11-20(3,4)18(27)24(16)19(28)22-12-14-6-8-23(9-7-14)13(2)17(25)26/h5,10,13-14H,6-9,11-12H2,1-4H3,(H,22,28)(H,25,26)/b15-5+,16-10+. The number of amides is 3. The molecule has 2 aliphatic rings. The highest BCUT2D eigenvalue weighted by molar-refractivity contribution is 6.01. The second-order valence-corrected chi connectivity index (χ2v) is 8.19. The van der Waals surface area contributed by atoms with Gasteiger partial charge in [0.15, 0.2) is 0 Å². The number of carbonyl (C=O) groups excluding carboxylic acids is 2. The molecule has 0 bridgehead atoms. The lowest BCUT2D eigenvalue weighted by Gasteiger charge is -2.34. The van der Waals surface area contributed by atoms with Crippen LogP contribution in [0, 0.1) is 11.3 Å². The Kier molecular flexibility index (Phi) is 6.98. The fraction of sp³-hybridized carbons (Fsp3) is 0.650. The maximum atomic E-state index is 13.7. The van der Waals surface area contributed by atoms with Crippen LogP contribution in [0.2, 0.25) is 0 Å². The Balaban J connectivity index is 1.96. The summed E-state index contributed by atoms with van der Waals surface area (Å²) >= 11 is 0.